The van der Waals surface area contributed by atoms with E-state index >= 15 is 0 Å². The third-order valence-corrected chi connectivity index (χ3v) is 5.43. The van der Waals surface area contributed by atoms with Gasteiger partial charge in [-0.3, -0.25) is 9.69 Å². The summed E-state index contributed by atoms with van der Waals surface area (Å²) in [6, 6.07) is 0.743. The summed E-state index contributed by atoms with van der Waals surface area (Å²) >= 11 is 2.08. The Morgan fingerprint density at radius 1 is 1.47 bits per heavy atom. The van der Waals surface area contributed by atoms with E-state index in [1.165, 1.54) is 31.6 Å². The van der Waals surface area contributed by atoms with E-state index in [4.69, 9.17) is 5.11 Å². The smallest absolute Gasteiger partial charge is 0.303 e. The third kappa shape index (κ3) is 3.62. The van der Waals surface area contributed by atoms with Gasteiger partial charge in [0.25, 0.3) is 0 Å². The first-order chi connectivity index (χ1) is 8.16. The van der Waals surface area contributed by atoms with Crippen LogP contribution in [0.2, 0.25) is 0 Å². The molecule has 4 heteroatoms. The lowest BCUT2D eigenvalue weighted by Crippen LogP contribution is -2.45. The molecule has 3 atom stereocenters. The molecule has 98 valence electrons. The van der Waals surface area contributed by atoms with E-state index in [1.54, 1.807) is 0 Å². The van der Waals surface area contributed by atoms with Gasteiger partial charge in [-0.25, -0.2) is 0 Å². The molecular formula is C13H23NO2S. The minimum absolute atomic E-state index is 0.341. The number of carbonyl (C=O) groups is 1. The number of hydrogen-bond acceptors (Lipinski definition) is 3. The summed E-state index contributed by atoms with van der Waals surface area (Å²) in [6.07, 6.45) is 4.99. The molecular weight excluding hydrogens is 234 g/mol. The Kier molecular flexibility index (Phi) is 4.74. The molecule has 0 radical (unpaired) electrons. The SMILES string of the molecule is CC1SCCC1N1CCCC(CCC(=O)O)C1. The number of aliphatic carboxylic acids is 1. The summed E-state index contributed by atoms with van der Waals surface area (Å²) in [5.41, 5.74) is 0. The average molecular weight is 257 g/mol. The second kappa shape index (κ2) is 6.10. The fourth-order valence-electron chi connectivity index (χ4n) is 3.16. The number of likely N-dealkylation sites (tertiary alicyclic amines) is 1. The molecule has 0 spiro atoms. The molecule has 0 aromatic carbocycles. The first-order valence-electron chi connectivity index (χ1n) is 6.74. The molecule has 0 amide bonds. The maximum atomic E-state index is 10.6. The number of carboxylic acids is 1. The number of carboxylic acid groups (broad SMARTS) is 1. The number of thioether (sulfide) groups is 1. The first kappa shape index (κ1) is 13.2. The van der Waals surface area contributed by atoms with Gasteiger partial charge >= 0.3 is 5.97 Å². The second-order valence-electron chi connectivity index (χ2n) is 5.37. The van der Waals surface area contributed by atoms with Crippen LogP contribution in [0.5, 0.6) is 0 Å². The van der Waals surface area contributed by atoms with Crippen molar-refractivity contribution >= 4 is 17.7 Å². The van der Waals surface area contributed by atoms with Crippen molar-refractivity contribution in [3.8, 4) is 0 Å². The van der Waals surface area contributed by atoms with Gasteiger partial charge in [-0.1, -0.05) is 6.92 Å². The molecule has 2 rings (SSSR count). The Balaban J connectivity index is 1.82. The Labute approximate surface area is 108 Å². The molecule has 2 aliphatic heterocycles. The summed E-state index contributed by atoms with van der Waals surface area (Å²) in [5, 5.41) is 9.50. The van der Waals surface area contributed by atoms with E-state index < -0.39 is 5.97 Å². The van der Waals surface area contributed by atoms with Crippen LogP contribution < -0.4 is 0 Å². The van der Waals surface area contributed by atoms with Gasteiger partial charge in [-0.2, -0.15) is 11.8 Å². The van der Waals surface area contributed by atoms with Gasteiger partial charge in [-0.05, 0) is 43.9 Å². The predicted octanol–water partition coefficient (Wildman–Crippen LogP) is 2.46. The standard InChI is InChI=1S/C13H23NO2S/c1-10-12(6-8-17-10)14-7-2-3-11(9-14)4-5-13(15)16/h10-12H,2-9H2,1H3,(H,15,16). The lowest BCUT2D eigenvalue weighted by molar-refractivity contribution is -0.137. The number of rotatable bonds is 4. The quantitative estimate of drug-likeness (QED) is 0.840. The predicted molar refractivity (Wildman–Crippen MR) is 71.5 cm³/mol. The molecule has 0 aliphatic carbocycles. The molecule has 0 bridgehead atoms. The van der Waals surface area contributed by atoms with E-state index in [-0.39, 0.29) is 0 Å². The highest BCUT2D eigenvalue weighted by atomic mass is 32.2. The normalized spacial score (nSPS) is 35.0. The highest BCUT2D eigenvalue weighted by molar-refractivity contribution is 8.00. The summed E-state index contributed by atoms with van der Waals surface area (Å²) in [5.74, 6) is 1.26. The molecule has 2 fully saturated rings. The number of nitrogens with zero attached hydrogens (tertiary/aromatic N) is 1. The van der Waals surface area contributed by atoms with Crippen LogP contribution >= 0.6 is 11.8 Å². The van der Waals surface area contributed by atoms with Crippen LogP contribution in [0.3, 0.4) is 0 Å². The van der Waals surface area contributed by atoms with Crippen molar-refractivity contribution in [3.63, 3.8) is 0 Å². The summed E-state index contributed by atoms with van der Waals surface area (Å²) in [4.78, 5) is 13.2. The van der Waals surface area contributed by atoms with Gasteiger partial charge in [0.05, 0.1) is 0 Å². The van der Waals surface area contributed by atoms with Crippen LogP contribution in [-0.2, 0) is 4.79 Å². The van der Waals surface area contributed by atoms with Crippen molar-refractivity contribution in [1.29, 1.82) is 0 Å². The number of hydrogen-bond donors (Lipinski definition) is 1. The van der Waals surface area contributed by atoms with Gasteiger partial charge in [0, 0.05) is 24.3 Å². The van der Waals surface area contributed by atoms with Crippen molar-refractivity contribution in [2.75, 3.05) is 18.8 Å². The van der Waals surface area contributed by atoms with Gasteiger partial charge in [0.2, 0.25) is 0 Å². The van der Waals surface area contributed by atoms with E-state index in [1.807, 2.05) is 0 Å². The van der Waals surface area contributed by atoms with E-state index in [2.05, 4.69) is 23.6 Å². The summed E-state index contributed by atoms with van der Waals surface area (Å²) < 4.78 is 0. The molecule has 2 aliphatic rings. The zero-order chi connectivity index (χ0) is 12.3. The Morgan fingerprint density at radius 3 is 2.94 bits per heavy atom. The third-order valence-electron chi connectivity index (χ3n) is 4.12. The molecule has 3 nitrogen and oxygen atoms in total. The topological polar surface area (TPSA) is 40.5 Å². The lowest BCUT2D eigenvalue weighted by Gasteiger charge is -2.38. The lowest BCUT2D eigenvalue weighted by atomic mass is 9.92. The molecule has 2 saturated heterocycles. The highest BCUT2D eigenvalue weighted by Gasteiger charge is 2.32. The second-order valence-corrected chi connectivity index (χ2v) is 6.85. The highest BCUT2D eigenvalue weighted by Crippen LogP contribution is 2.33. The van der Waals surface area contributed by atoms with Crippen LogP contribution in [0.25, 0.3) is 0 Å². The van der Waals surface area contributed by atoms with Crippen molar-refractivity contribution in [2.24, 2.45) is 5.92 Å². The number of piperidine rings is 1. The van der Waals surface area contributed by atoms with Crippen LogP contribution in [0.4, 0.5) is 0 Å². The molecule has 1 N–H and O–H groups in total. The fraction of sp³-hybridized carbons (Fsp3) is 0.923. The zero-order valence-corrected chi connectivity index (χ0v) is 11.4. The van der Waals surface area contributed by atoms with Crippen LogP contribution in [0.15, 0.2) is 0 Å². The van der Waals surface area contributed by atoms with Crippen molar-refractivity contribution in [1.82, 2.24) is 4.90 Å². The maximum Gasteiger partial charge on any atom is 0.303 e. The maximum absolute atomic E-state index is 10.6. The van der Waals surface area contributed by atoms with E-state index in [0.717, 1.165) is 24.3 Å². The first-order valence-corrected chi connectivity index (χ1v) is 7.79. The molecule has 3 unspecified atom stereocenters. The molecule has 17 heavy (non-hydrogen) atoms. The van der Waals surface area contributed by atoms with Crippen molar-refractivity contribution in [2.45, 2.75) is 50.3 Å². The molecule has 0 saturated carbocycles. The minimum atomic E-state index is -0.646. The largest absolute Gasteiger partial charge is 0.481 e. The summed E-state index contributed by atoms with van der Waals surface area (Å²) in [7, 11) is 0. The average Bonchev–Trinajstić information content (AvgIpc) is 2.73. The van der Waals surface area contributed by atoms with Crippen molar-refractivity contribution in [3.05, 3.63) is 0 Å². The monoisotopic (exact) mass is 257 g/mol. The zero-order valence-electron chi connectivity index (χ0n) is 10.6. The minimum Gasteiger partial charge on any atom is -0.481 e. The van der Waals surface area contributed by atoms with Gasteiger partial charge in [-0.15, -0.1) is 0 Å². The van der Waals surface area contributed by atoms with Crippen LogP contribution in [0.1, 0.15) is 39.0 Å². The van der Waals surface area contributed by atoms with Gasteiger partial charge in [0.15, 0.2) is 0 Å². The Hall–Kier alpha value is -0.220. The fourth-order valence-corrected chi connectivity index (χ4v) is 4.44. The van der Waals surface area contributed by atoms with E-state index in [9.17, 15) is 4.79 Å². The Morgan fingerprint density at radius 2 is 2.29 bits per heavy atom. The molecule has 0 aromatic rings. The van der Waals surface area contributed by atoms with Crippen LogP contribution in [-0.4, -0.2) is 46.1 Å². The van der Waals surface area contributed by atoms with Gasteiger partial charge in [0.1, 0.15) is 0 Å². The summed E-state index contributed by atoms with van der Waals surface area (Å²) in [6.45, 7) is 4.69. The molecule has 2 heterocycles. The van der Waals surface area contributed by atoms with Crippen molar-refractivity contribution < 1.29 is 9.90 Å². The van der Waals surface area contributed by atoms with E-state index in [0.29, 0.717) is 12.3 Å². The van der Waals surface area contributed by atoms with Gasteiger partial charge < -0.3 is 5.11 Å². The molecule has 0 aromatic heterocycles. The van der Waals surface area contributed by atoms with Crippen LogP contribution in [0, 0.1) is 5.92 Å². The Bertz CT molecular complexity index is 272.